The first kappa shape index (κ1) is 19.7. The fourth-order valence-corrected chi connectivity index (χ4v) is 2.98. The predicted molar refractivity (Wildman–Crippen MR) is 107 cm³/mol. The van der Waals surface area contributed by atoms with Crippen LogP contribution in [0.4, 0.5) is 11.4 Å². The summed E-state index contributed by atoms with van der Waals surface area (Å²) in [5.74, 6) is -0.484. The number of halogens is 1. The number of para-hydroxylation sites is 2. The number of carbonyl (C=O) groups excluding carboxylic acids is 3. The predicted octanol–water partition coefficient (Wildman–Crippen LogP) is 2.52. The molecule has 8 heteroatoms. The summed E-state index contributed by atoms with van der Waals surface area (Å²) in [6.07, 6.45) is 0.177. The van der Waals surface area contributed by atoms with Crippen molar-refractivity contribution in [3.63, 3.8) is 0 Å². The van der Waals surface area contributed by atoms with Crippen LogP contribution in [0.15, 0.2) is 42.5 Å². The van der Waals surface area contributed by atoms with Crippen LogP contribution in [-0.2, 0) is 14.4 Å². The van der Waals surface area contributed by atoms with Crippen molar-refractivity contribution in [2.24, 2.45) is 0 Å². The molecular weight excluding hydrogens is 382 g/mol. The maximum Gasteiger partial charge on any atom is 0.243 e. The molecule has 2 aromatic carbocycles. The molecule has 2 N–H and O–H groups in total. The molecule has 1 aliphatic rings. The average molecular weight is 402 g/mol. The number of benzene rings is 2. The van der Waals surface area contributed by atoms with Gasteiger partial charge in [0.05, 0.1) is 25.3 Å². The number of anilines is 2. The highest BCUT2D eigenvalue weighted by atomic mass is 35.5. The van der Waals surface area contributed by atoms with Crippen molar-refractivity contribution in [1.82, 2.24) is 5.32 Å². The molecule has 0 spiro atoms. The zero-order valence-electron chi connectivity index (χ0n) is 15.3. The smallest absolute Gasteiger partial charge is 0.243 e. The molecule has 1 aliphatic heterocycles. The van der Waals surface area contributed by atoms with Crippen LogP contribution in [0.1, 0.15) is 12.0 Å². The minimum atomic E-state index is -0.442. The summed E-state index contributed by atoms with van der Waals surface area (Å²) in [6.45, 7) is 1.64. The van der Waals surface area contributed by atoms with Gasteiger partial charge in [-0.25, -0.2) is 0 Å². The fraction of sp³-hybridized carbons (Fsp3) is 0.250. The van der Waals surface area contributed by atoms with Gasteiger partial charge in [0.15, 0.2) is 0 Å². The molecule has 0 atom stereocenters. The molecule has 0 aliphatic carbocycles. The molecular formula is C20H20ClN3O4. The van der Waals surface area contributed by atoms with E-state index in [1.807, 2.05) is 0 Å². The second-order valence-corrected chi connectivity index (χ2v) is 6.69. The van der Waals surface area contributed by atoms with Crippen LogP contribution in [-0.4, -0.2) is 37.4 Å². The summed E-state index contributed by atoms with van der Waals surface area (Å²) in [6, 6.07) is 12.2. The molecule has 0 bridgehead atoms. The number of hydrogen-bond acceptors (Lipinski definition) is 4. The maximum atomic E-state index is 12.3. The number of carbonyl (C=O) groups is 3. The van der Waals surface area contributed by atoms with Crippen molar-refractivity contribution in [3.8, 4) is 5.75 Å². The first-order valence-electron chi connectivity index (χ1n) is 8.79. The Hall–Kier alpha value is -3.06. The van der Waals surface area contributed by atoms with Crippen molar-refractivity contribution in [3.05, 3.63) is 53.1 Å². The number of amides is 3. The van der Waals surface area contributed by atoms with E-state index in [2.05, 4.69) is 10.6 Å². The van der Waals surface area contributed by atoms with Crippen LogP contribution in [0.3, 0.4) is 0 Å². The summed E-state index contributed by atoms with van der Waals surface area (Å²) in [4.78, 5) is 38.1. The van der Waals surface area contributed by atoms with Gasteiger partial charge >= 0.3 is 0 Å². The lowest BCUT2D eigenvalue weighted by molar-refractivity contribution is -0.125. The van der Waals surface area contributed by atoms with E-state index >= 15 is 0 Å². The minimum Gasteiger partial charge on any atom is -0.491 e. The van der Waals surface area contributed by atoms with Gasteiger partial charge in [0, 0.05) is 10.7 Å². The van der Waals surface area contributed by atoms with Crippen molar-refractivity contribution < 1.29 is 19.1 Å². The Morgan fingerprint density at radius 1 is 1.14 bits per heavy atom. The van der Waals surface area contributed by atoms with Gasteiger partial charge in [0.25, 0.3) is 0 Å². The lowest BCUT2D eigenvalue weighted by Crippen LogP contribution is -2.42. The van der Waals surface area contributed by atoms with E-state index in [4.69, 9.17) is 16.3 Å². The second-order valence-electron chi connectivity index (χ2n) is 6.28. The third-order valence-corrected chi connectivity index (χ3v) is 4.73. The largest absolute Gasteiger partial charge is 0.491 e. The maximum absolute atomic E-state index is 12.3. The van der Waals surface area contributed by atoms with Gasteiger partial charge in [-0.2, -0.15) is 0 Å². The van der Waals surface area contributed by atoms with Gasteiger partial charge in [0.2, 0.25) is 17.7 Å². The highest BCUT2D eigenvalue weighted by Crippen LogP contribution is 2.30. The van der Waals surface area contributed by atoms with Gasteiger partial charge in [-0.3, -0.25) is 19.3 Å². The summed E-state index contributed by atoms with van der Waals surface area (Å²) in [5.41, 5.74) is 1.87. The Balaban J connectivity index is 1.59. The van der Waals surface area contributed by atoms with Crippen molar-refractivity contribution in [2.45, 2.75) is 13.3 Å². The summed E-state index contributed by atoms with van der Waals surface area (Å²) in [7, 11) is 0. The van der Waals surface area contributed by atoms with Gasteiger partial charge in [0.1, 0.15) is 12.3 Å². The molecule has 0 radical (unpaired) electrons. The lowest BCUT2D eigenvalue weighted by atomic mass is 10.2. The van der Waals surface area contributed by atoms with E-state index in [1.54, 1.807) is 49.4 Å². The van der Waals surface area contributed by atoms with E-state index < -0.39 is 5.91 Å². The number of ether oxygens (including phenoxy) is 1. The van der Waals surface area contributed by atoms with Crippen molar-refractivity contribution in [1.29, 1.82) is 0 Å². The first-order chi connectivity index (χ1) is 13.5. The van der Waals surface area contributed by atoms with E-state index in [0.29, 0.717) is 22.1 Å². The zero-order chi connectivity index (χ0) is 20.1. The Morgan fingerprint density at radius 2 is 1.93 bits per heavy atom. The van der Waals surface area contributed by atoms with E-state index in [0.717, 1.165) is 5.56 Å². The van der Waals surface area contributed by atoms with E-state index in [1.165, 1.54) is 4.90 Å². The average Bonchev–Trinajstić information content (AvgIpc) is 2.83. The third-order valence-electron chi connectivity index (χ3n) is 4.32. The minimum absolute atomic E-state index is 0.177. The molecule has 3 amide bonds. The zero-order valence-corrected chi connectivity index (χ0v) is 16.1. The molecule has 7 nitrogen and oxygen atoms in total. The third kappa shape index (κ3) is 4.61. The highest BCUT2D eigenvalue weighted by Gasteiger charge is 2.25. The summed E-state index contributed by atoms with van der Waals surface area (Å²) >= 11 is 6.03. The SMILES string of the molecule is Cc1c(Cl)cccc1NC(=O)CNC(=O)CN1C(=O)CCOc2ccccc21. The topological polar surface area (TPSA) is 87.7 Å². The van der Waals surface area contributed by atoms with Crippen LogP contribution in [0.25, 0.3) is 0 Å². The monoisotopic (exact) mass is 401 g/mol. The molecule has 0 fully saturated rings. The molecule has 28 heavy (non-hydrogen) atoms. The number of nitrogens with zero attached hydrogens (tertiary/aromatic N) is 1. The Morgan fingerprint density at radius 3 is 2.75 bits per heavy atom. The quantitative estimate of drug-likeness (QED) is 0.805. The number of fused-ring (bicyclic) bond motifs is 1. The summed E-state index contributed by atoms with van der Waals surface area (Å²) < 4.78 is 5.55. The molecule has 0 saturated heterocycles. The summed E-state index contributed by atoms with van der Waals surface area (Å²) in [5, 5.41) is 5.79. The molecule has 3 rings (SSSR count). The van der Waals surface area contributed by atoms with Crippen molar-refractivity contribution in [2.75, 3.05) is 29.9 Å². The molecule has 146 valence electrons. The standard InChI is InChI=1S/C20H20ClN3O4/c1-13-14(21)5-4-6-15(13)23-18(25)11-22-19(26)12-24-16-7-2-3-8-17(16)28-10-9-20(24)27/h2-8H,9-12H2,1H3,(H,22,26)(H,23,25). The van der Waals surface area contributed by atoms with Crippen molar-refractivity contribution >= 4 is 40.7 Å². The van der Waals surface area contributed by atoms with E-state index in [-0.39, 0.29) is 37.9 Å². The Kier molecular flexibility index (Phi) is 6.16. The number of rotatable bonds is 5. The van der Waals surface area contributed by atoms with Crippen LogP contribution < -0.4 is 20.3 Å². The van der Waals surface area contributed by atoms with Gasteiger partial charge in [-0.1, -0.05) is 29.8 Å². The number of hydrogen-bond donors (Lipinski definition) is 2. The normalized spacial score (nSPS) is 13.2. The van der Waals surface area contributed by atoms with Crippen LogP contribution in [0.5, 0.6) is 5.75 Å². The van der Waals surface area contributed by atoms with Crippen LogP contribution in [0.2, 0.25) is 5.02 Å². The first-order valence-corrected chi connectivity index (χ1v) is 9.17. The van der Waals surface area contributed by atoms with E-state index in [9.17, 15) is 14.4 Å². The molecule has 0 saturated carbocycles. The molecule has 2 aromatic rings. The fourth-order valence-electron chi connectivity index (χ4n) is 2.81. The van der Waals surface area contributed by atoms with Gasteiger partial charge < -0.3 is 15.4 Å². The number of nitrogens with one attached hydrogen (secondary N) is 2. The second kappa shape index (κ2) is 8.75. The van der Waals surface area contributed by atoms with Gasteiger partial charge in [-0.15, -0.1) is 0 Å². The molecule has 0 aromatic heterocycles. The highest BCUT2D eigenvalue weighted by molar-refractivity contribution is 6.31. The molecule has 1 heterocycles. The Labute approximate surface area is 167 Å². The molecule has 0 unspecified atom stereocenters. The van der Waals surface area contributed by atoms with Crippen LogP contribution in [0, 0.1) is 6.92 Å². The lowest BCUT2D eigenvalue weighted by Gasteiger charge is -2.21. The van der Waals surface area contributed by atoms with Crippen LogP contribution >= 0.6 is 11.6 Å². The van der Waals surface area contributed by atoms with Gasteiger partial charge in [-0.05, 0) is 36.8 Å². The Bertz CT molecular complexity index is 916.